The molecule has 0 saturated carbocycles. The number of nitrogens with two attached hydrogens (primary N) is 1. The maximum absolute atomic E-state index is 14.3. The molecular weight excluding hydrogens is 402 g/mol. The maximum Gasteiger partial charge on any atom is 0.248 e. The molecule has 0 radical (unpaired) electrons. The van der Waals surface area contributed by atoms with Crippen LogP contribution in [0.15, 0.2) is 77.4 Å². The molecule has 1 atom stereocenters. The number of nitrogens with zero attached hydrogens (tertiary/aromatic N) is 2. The molecule has 2 heterocycles. The van der Waals surface area contributed by atoms with Crippen molar-refractivity contribution in [2.75, 3.05) is 4.90 Å². The molecule has 2 aliphatic heterocycles. The third-order valence-electron chi connectivity index (χ3n) is 6.53. The van der Waals surface area contributed by atoms with Crippen LogP contribution >= 0.6 is 0 Å². The van der Waals surface area contributed by atoms with Crippen molar-refractivity contribution in [2.24, 2.45) is 11.1 Å². The first-order chi connectivity index (χ1) is 15.3. The van der Waals surface area contributed by atoms with Crippen LogP contribution in [0.5, 0.6) is 0 Å². The lowest BCUT2D eigenvalue weighted by Gasteiger charge is -2.41. The fourth-order valence-electron chi connectivity index (χ4n) is 5.26. The van der Waals surface area contributed by atoms with Gasteiger partial charge in [-0.05, 0) is 17.0 Å². The zero-order valence-corrected chi connectivity index (χ0v) is 18.0. The van der Waals surface area contributed by atoms with E-state index >= 15 is 0 Å². The van der Waals surface area contributed by atoms with Crippen molar-refractivity contribution in [3.63, 3.8) is 0 Å². The van der Waals surface area contributed by atoms with Crippen LogP contribution < -0.4 is 10.6 Å². The molecule has 2 aromatic carbocycles. The third-order valence-corrected chi connectivity index (χ3v) is 6.53. The molecule has 32 heavy (non-hydrogen) atoms. The van der Waals surface area contributed by atoms with Crippen LogP contribution in [0.4, 0.5) is 5.69 Å². The number of amides is 1. The summed E-state index contributed by atoms with van der Waals surface area (Å²) in [5, 5.41) is 10.1. The molecule has 3 aliphatic rings. The van der Waals surface area contributed by atoms with E-state index in [1.54, 1.807) is 4.90 Å². The number of ether oxygens (including phenoxy) is 1. The van der Waals surface area contributed by atoms with Gasteiger partial charge in [-0.15, -0.1) is 0 Å². The minimum absolute atomic E-state index is 0.0164. The lowest BCUT2D eigenvalue weighted by Crippen LogP contribution is -2.50. The Balaban J connectivity index is 1.78. The van der Waals surface area contributed by atoms with E-state index in [0.717, 1.165) is 5.56 Å². The Hall–Kier alpha value is -3.85. The minimum Gasteiger partial charge on any atom is -0.444 e. The van der Waals surface area contributed by atoms with Gasteiger partial charge in [0.15, 0.2) is 5.78 Å². The minimum atomic E-state index is -1.58. The van der Waals surface area contributed by atoms with Crippen molar-refractivity contribution in [1.29, 1.82) is 5.26 Å². The number of carbonyl (C=O) groups is 2. The first-order valence-corrected chi connectivity index (χ1v) is 10.6. The highest BCUT2D eigenvalue weighted by molar-refractivity contribution is 6.20. The summed E-state index contributed by atoms with van der Waals surface area (Å²) in [6.07, 6.45) is 0.729. The molecule has 0 saturated heterocycles. The van der Waals surface area contributed by atoms with Gasteiger partial charge in [0.2, 0.25) is 11.8 Å². The Morgan fingerprint density at radius 2 is 1.75 bits per heavy atom. The van der Waals surface area contributed by atoms with Crippen LogP contribution in [0.2, 0.25) is 0 Å². The van der Waals surface area contributed by atoms with Crippen molar-refractivity contribution in [2.45, 2.75) is 38.6 Å². The lowest BCUT2D eigenvalue weighted by molar-refractivity contribution is -0.125. The molecule has 2 N–H and O–H groups in total. The van der Waals surface area contributed by atoms with E-state index in [2.05, 4.69) is 6.07 Å². The molecule has 0 unspecified atom stereocenters. The Kier molecular flexibility index (Phi) is 4.28. The first kappa shape index (κ1) is 20.1. The highest BCUT2D eigenvalue weighted by atomic mass is 16.5. The van der Waals surface area contributed by atoms with Gasteiger partial charge in [-0.1, -0.05) is 62.4 Å². The number of benzene rings is 2. The molecule has 6 nitrogen and oxygen atoms in total. The number of ketones is 1. The average Bonchev–Trinajstić information content (AvgIpc) is 2.97. The van der Waals surface area contributed by atoms with Crippen molar-refractivity contribution in [1.82, 2.24) is 0 Å². The van der Waals surface area contributed by atoms with E-state index in [-0.39, 0.29) is 40.6 Å². The molecule has 1 spiro atoms. The van der Waals surface area contributed by atoms with Gasteiger partial charge in [0.25, 0.3) is 0 Å². The summed E-state index contributed by atoms with van der Waals surface area (Å²) < 4.78 is 5.83. The molecule has 2 aromatic rings. The van der Waals surface area contributed by atoms with Crippen LogP contribution in [0.25, 0.3) is 0 Å². The zero-order chi connectivity index (χ0) is 22.7. The SMILES string of the molecule is CC1(C)CC(=O)C2=C(C1)OC(N)=C(C#N)[C@@]21C(=O)N(Cc2ccccc2)c2ccccc21. The molecule has 1 aliphatic carbocycles. The molecular formula is C26H23N3O3. The van der Waals surface area contributed by atoms with Gasteiger partial charge < -0.3 is 15.4 Å². The molecule has 5 rings (SSSR count). The number of para-hydroxylation sites is 1. The average molecular weight is 425 g/mol. The van der Waals surface area contributed by atoms with E-state index in [1.165, 1.54) is 0 Å². The Bertz CT molecular complexity index is 1270. The predicted octanol–water partition coefficient (Wildman–Crippen LogP) is 3.84. The van der Waals surface area contributed by atoms with Crippen LogP contribution in [0, 0.1) is 16.7 Å². The second-order valence-corrected chi connectivity index (χ2v) is 9.34. The summed E-state index contributed by atoms with van der Waals surface area (Å²) in [6.45, 7) is 4.29. The predicted molar refractivity (Wildman–Crippen MR) is 119 cm³/mol. The van der Waals surface area contributed by atoms with Gasteiger partial charge in [0.1, 0.15) is 22.8 Å². The van der Waals surface area contributed by atoms with Gasteiger partial charge in [-0.25, -0.2) is 0 Å². The fraction of sp³-hybridized carbons (Fsp3) is 0.269. The topological polar surface area (TPSA) is 96.4 Å². The quantitative estimate of drug-likeness (QED) is 0.789. The van der Waals surface area contributed by atoms with E-state index in [0.29, 0.717) is 30.0 Å². The van der Waals surface area contributed by atoms with Crippen molar-refractivity contribution in [3.05, 3.63) is 88.5 Å². The number of carbonyl (C=O) groups excluding carboxylic acids is 2. The molecule has 6 heteroatoms. The second-order valence-electron chi connectivity index (χ2n) is 9.34. The van der Waals surface area contributed by atoms with Gasteiger partial charge in [0.05, 0.1) is 12.1 Å². The Morgan fingerprint density at radius 1 is 1.06 bits per heavy atom. The number of Topliss-reactive ketones (excluding diaryl/α,β-unsaturated/α-hetero) is 1. The summed E-state index contributed by atoms with van der Waals surface area (Å²) in [4.78, 5) is 29.4. The maximum atomic E-state index is 14.3. The molecule has 160 valence electrons. The highest BCUT2D eigenvalue weighted by Gasteiger charge is 2.62. The van der Waals surface area contributed by atoms with Crippen LogP contribution in [0.1, 0.15) is 37.8 Å². The second kappa shape index (κ2) is 6.83. The number of allylic oxidation sites excluding steroid dienone is 1. The summed E-state index contributed by atoms with van der Waals surface area (Å²) in [5.41, 5.74) is 6.78. The van der Waals surface area contributed by atoms with Crippen molar-refractivity contribution in [3.8, 4) is 6.07 Å². The number of hydrogen-bond donors (Lipinski definition) is 1. The van der Waals surface area contributed by atoms with E-state index in [1.807, 2.05) is 68.4 Å². The van der Waals surface area contributed by atoms with Crippen molar-refractivity contribution >= 4 is 17.4 Å². The third kappa shape index (κ3) is 2.64. The molecule has 0 fully saturated rings. The highest BCUT2D eigenvalue weighted by Crippen LogP contribution is 2.57. The standard InChI is InChI=1S/C26H23N3O3/c1-25(2)12-20(30)22-21(13-25)32-23(28)18(14-27)26(22)17-10-6-7-11-19(17)29(24(26)31)15-16-8-4-3-5-9-16/h3-11H,12-13,15,28H2,1-2H3/t26-/m1/s1. The van der Waals surface area contributed by atoms with Crippen LogP contribution in [-0.2, 0) is 26.3 Å². The van der Waals surface area contributed by atoms with E-state index in [9.17, 15) is 14.9 Å². The number of hydrogen-bond acceptors (Lipinski definition) is 5. The number of nitriles is 1. The van der Waals surface area contributed by atoms with Crippen LogP contribution in [-0.4, -0.2) is 11.7 Å². The van der Waals surface area contributed by atoms with E-state index in [4.69, 9.17) is 10.5 Å². The number of anilines is 1. The summed E-state index contributed by atoms with van der Waals surface area (Å²) in [5.74, 6) is -0.235. The number of fused-ring (bicyclic) bond motifs is 3. The molecule has 0 aromatic heterocycles. The summed E-state index contributed by atoms with van der Waals surface area (Å²) in [7, 11) is 0. The number of rotatable bonds is 2. The summed E-state index contributed by atoms with van der Waals surface area (Å²) in [6, 6.07) is 19.1. The van der Waals surface area contributed by atoms with E-state index < -0.39 is 5.41 Å². The lowest BCUT2D eigenvalue weighted by atomic mass is 9.62. The zero-order valence-electron chi connectivity index (χ0n) is 18.0. The normalized spacial score (nSPS) is 23.7. The van der Waals surface area contributed by atoms with Crippen LogP contribution in [0.3, 0.4) is 0 Å². The van der Waals surface area contributed by atoms with Crippen molar-refractivity contribution < 1.29 is 14.3 Å². The smallest absolute Gasteiger partial charge is 0.248 e. The Labute approximate surface area is 186 Å². The molecule has 0 bridgehead atoms. The monoisotopic (exact) mass is 425 g/mol. The Morgan fingerprint density at radius 3 is 2.47 bits per heavy atom. The van der Waals surface area contributed by atoms with Gasteiger partial charge in [-0.3, -0.25) is 9.59 Å². The van der Waals surface area contributed by atoms with Gasteiger partial charge in [-0.2, -0.15) is 5.26 Å². The first-order valence-electron chi connectivity index (χ1n) is 10.6. The van der Waals surface area contributed by atoms with Gasteiger partial charge >= 0.3 is 0 Å². The largest absolute Gasteiger partial charge is 0.444 e. The summed E-state index contributed by atoms with van der Waals surface area (Å²) >= 11 is 0. The van der Waals surface area contributed by atoms with Gasteiger partial charge in [0, 0.05) is 24.1 Å². The fourth-order valence-corrected chi connectivity index (χ4v) is 5.26. The molecule has 1 amide bonds.